The lowest BCUT2D eigenvalue weighted by atomic mass is 9.94. The molecular formula is C17H19N5O3. The minimum absolute atomic E-state index is 0.0741. The van der Waals surface area contributed by atoms with Crippen molar-refractivity contribution >= 4 is 17.6 Å². The number of nitrogens with one attached hydrogen (secondary N) is 2. The minimum Gasteiger partial charge on any atom is -0.338 e. The molecule has 0 spiro atoms. The maximum atomic E-state index is 12.8. The van der Waals surface area contributed by atoms with Gasteiger partial charge in [-0.05, 0) is 31.0 Å². The van der Waals surface area contributed by atoms with Crippen LogP contribution in [0.15, 0.2) is 35.4 Å². The molecule has 8 nitrogen and oxygen atoms in total. The number of hydrogen-bond donors (Lipinski definition) is 2. The predicted molar refractivity (Wildman–Crippen MR) is 91.3 cm³/mol. The van der Waals surface area contributed by atoms with Crippen molar-refractivity contribution in [2.75, 3.05) is 18.4 Å². The van der Waals surface area contributed by atoms with Crippen molar-refractivity contribution in [1.29, 1.82) is 0 Å². The topological polar surface area (TPSA) is 108 Å². The number of likely N-dealkylation sites (tertiary alicyclic amines) is 1. The third-order valence-electron chi connectivity index (χ3n) is 4.16. The van der Waals surface area contributed by atoms with Crippen molar-refractivity contribution in [1.82, 2.24) is 19.9 Å². The minimum atomic E-state index is -0.380. The molecule has 0 saturated carbocycles. The van der Waals surface area contributed by atoms with Crippen molar-refractivity contribution < 1.29 is 9.59 Å². The van der Waals surface area contributed by atoms with Gasteiger partial charge in [-0.2, -0.15) is 0 Å². The largest absolute Gasteiger partial charge is 0.345 e. The van der Waals surface area contributed by atoms with E-state index in [-0.39, 0.29) is 23.4 Å². The van der Waals surface area contributed by atoms with Crippen molar-refractivity contribution in [2.24, 2.45) is 0 Å². The number of carbonyl (C=O) groups is 2. The van der Waals surface area contributed by atoms with E-state index in [4.69, 9.17) is 0 Å². The van der Waals surface area contributed by atoms with Crippen LogP contribution < -0.4 is 11.0 Å². The van der Waals surface area contributed by atoms with E-state index >= 15 is 0 Å². The van der Waals surface area contributed by atoms with Crippen molar-refractivity contribution in [3.05, 3.63) is 52.3 Å². The normalized spacial score (nSPS) is 17.2. The molecule has 0 radical (unpaired) electrons. The van der Waals surface area contributed by atoms with Crippen LogP contribution in [0.2, 0.25) is 0 Å². The Labute approximate surface area is 144 Å². The first-order valence-electron chi connectivity index (χ1n) is 8.11. The first kappa shape index (κ1) is 16.8. The molecule has 0 bridgehead atoms. The number of carbonyl (C=O) groups excluding carboxylic acids is 2. The zero-order valence-corrected chi connectivity index (χ0v) is 13.9. The van der Waals surface area contributed by atoms with Crippen LogP contribution in [0.1, 0.15) is 41.7 Å². The number of amides is 2. The van der Waals surface area contributed by atoms with Crippen molar-refractivity contribution in [3.8, 4) is 0 Å². The number of anilines is 1. The van der Waals surface area contributed by atoms with E-state index < -0.39 is 0 Å². The van der Waals surface area contributed by atoms with Gasteiger partial charge in [0, 0.05) is 49.6 Å². The van der Waals surface area contributed by atoms with Crippen molar-refractivity contribution in [3.63, 3.8) is 0 Å². The first-order valence-corrected chi connectivity index (χ1v) is 8.11. The summed E-state index contributed by atoms with van der Waals surface area (Å²) in [5.74, 6) is 0.0716. The monoisotopic (exact) mass is 341 g/mol. The molecule has 2 aromatic heterocycles. The van der Waals surface area contributed by atoms with Crippen LogP contribution in [0.5, 0.6) is 0 Å². The number of nitrogens with zero attached hydrogens (tertiary/aromatic N) is 3. The van der Waals surface area contributed by atoms with E-state index in [1.54, 1.807) is 23.1 Å². The summed E-state index contributed by atoms with van der Waals surface area (Å²) in [4.78, 5) is 47.5. The fraction of sp³-hybridized carbons (Fsp3) is 0.353. The number of pyridine rings is 1. The van der Waals surface area contributed by atoms with Crippen LogP contribution in [-0.4, -0.2) is 44.8 Å². The van der Waals surface area contributed by atoms with Gasteiger partial charge in [0.05, 0.1) is 0 Å². The number of H-pyrrole nitrogens is 1. The van der Waals surface area contributed by atoms with Crippen LogP contribution >= 0.6 is 0 Å². The SMILES string of the molecule is CC(=O)Nc1cc(C(=O)N2CCC[C@@H](c3ccnc(=O)[nH]3)C2)ccn1. The highest BCUT2D eigenvalue weighted by Crippen LogP contribution is 2.26. The molecule has 3 heterocycles. The Balaban J connectivity index is 1.76. The second-order valence-corrected chi connectivity index (χ2v) is 6.03. The molecule has 2 N–H and O–H groups in total. The summed E-state index contributed by atoms with van der Waals surface area (Å²) in [6.07, 6.45) is 4.74. The number of piperidine rings is 1. The van der Waals surface area contributed by atoms with Crippen LogP contribution in [0.4, 0.5) is 5.82 Å². The molecule has 0 unspecified atom stereocenters. The van der Waals surface area contributed by atoms with Gasteiger partial charge >= 0.3 is 5.69 Å². The van der Waals surface area contributed by atoms with Gasteiger partial charge in [-0.15, -0.1) is 0 Å². The molecule has 2 aromatic rings. The van der Waals surface area contributed by atoms with Gasteiger partial charge in [-0.3, -0.25) is 9.59 Å². The van der Waals surface area contributed by atoms with E-state index in [0.29, 0.717) is 24.5 Å². The Morgan fingerprint density at radius 2 is 2.08 bits per heavy atom. The Morgan fingerprint density at radius 1 is 1.28 bits per heavy atom. The summed E-state index contributed by atoms with van der Waals surface area (Å²) in [5.41, 5.74) is 0.892. The van der Waals surface area contributed by atoms with Gasteiger partial charge in [-0.1, -0.05) is 0 Å². The molecule has 1 aliphatic heterocycles. The van der Waals surface area contributed by atoms with Crippen LogP contribution in [0, 0.1) is 0 Å². The predicted octanol–water partition coefficient (Wildman–Crippen LogP) is 1.14. The summed E-state index contributed by atoms with van der Waals surface area (Å²) >= 11 is 0. The lowest BCUT2D eigenvalue weighted by Gasteiger charge is -2.32. The van der Waals surface area contributed by atoms with Gasteiger partial charge in [-0.25, -0.2) is 14.8 Å². The Morgan fingerprint density at radius 3 is 2.84 bits per heavy atom. The Hall–Kier alpha value is -3.03. The maximum Gasteiger partial charge on any atom is 0.345 e. The van der Waals surface area contributed by atoms with Crippen LogP contribution in [-0.2, 0) is 4.79 Å². The molecule has 1 atom stereocenters. The van der Waals surface area contributed by atoms with Gasteiger partial charge in [0.25, 0.3) is 5.91 Å². The third kappa shape index (κ3) is 4.09. The fourth-order valence-electron chi connectivity index (χ4n) is 3.03. The van der Waals surface area contributed by atoms with E-state index in [9.17, 15) is 14.4 Å². The number of aromatic nitrogens is 3. The lowest BCUT2D eigenvalue weighted by molar-refractivity contribution is -0.114. The average Bonchev–Trinajstić information content (AvgIpc) is 2.61. The number of aromatic amines is 1. The van der Waals surface area contributed by atoms with Crippen LogP contribution in [0.25, 0.3) is 0 Å². The highest BCUT2D eigenvalue weighted by molar-refractivity contribution is 5.96. The Kier molecular flexibility index (Phi) is 4.87. The average molecular weight is 341 g/mol. The van der Waals surface area contributed by atoms with E-state index in [2.05, 4.69) is 20.3 Å². The smallest absolute Gasteiger partial charge is 0.338 e. The molecule has 0 aromatic carbocycles. The third-order valence-corrected chi connectivity index (χ3v) is 4.16. The molecule has 0 aliphatic carbocycles. The second kappa shape index (κ2) is 7.25. The zero-order valence-electron chi connectivity index (χ0n) is 13.9. The highest BCUT2D eigenvalue weighted by atomic mass is 16.2. The summed E-state index contributed by atoms with van der Waals surface area (Å²) in [5, 5.41) is 2.58. The van der Waals surface area contributed by atoms with Crippen LogP contribution in [0.3, 0.4) is 0 Å². The second-order valence-electron chi connectivity index (χ2n) is 6.03. The first-order chi connectivity index (χ1) is 12.0. The lowest BCUT2D eigenvalue weighted by Crippen LogP contribution is -2.39. The molecular weight excluding hydrogens is 322 g/mol. The van der Waals surface area contributed by atoms with E-state index in [0.717, 1.165) is 18.5 Å². The molecule has 1 fully saturated rings. The zero-order chi connectivity index (χ0) is 17.8. The molecule has 1 saturated heterocycles. The molecule has 1 aliphatic rings. The maximum absolute atomic E-state index is 12.8. The summed E-state index contributed by atoms with van der Waals surface area (Å²) in [6, 6.07) is 4.98. The quantitative estimate of drug-likeness (QED) is 0.870. The van der Waals surface area contributed by atoms with E-state index in [1.807, 2.05) is 0 Å². The molecule has 2 amide bonds. The number of rotatable bonds is 3. The summed E-state index contributed by atoms with van der Waals surface area (Å²) in [7, 11) is 0. The van der Waals surface area contributed by atoms with Gasteiger partial charge in [0.2, 0.25) is 5.91 Å². The standard InChI is InChI=1S/C17H19N5O3/c1-11(23)20-15-9-12(4-6-18-15)16(24)22-8-2-3-13(10-22)14-5-7-19-17(25)21-14/h4-7,9,13H,2-3,8,10H2,1H3,(H,18,20,23)(H,19,21,25)/t13-/m1/s1. The van der Waals surface area contributed by atoms with Crippen molar-refractivity contribution in [2.45, 2.75) is 25.7 Å². The highest BCUT2D eigenvalue weighted by Gasteiger charge is 2.26. The fourth-order valence-corrected chi connectivity index (χ4v) is 3.03. The van der Waals surface area contributed by atoms with Gasteiger partial charge < -0.3 is 15.2 Å². The summed E-state index contributed by atoms with van der Waals surface area (Å²) in [6.45, 7) is 2.57. The molecule has 8 heteroatoms. The van der Waals surface area contributed by atoms with E-state index in [1.165, 1.54) is 19.3 Å². The molecule has 25 heavy (non-hydrogen) atoms. The Bertz CT molecular complexity index is 848. The summed E-state index contributed by atoms with van der Waals surface area (Å²) < 4.78 is 0. The number of hydrogen-bond acceptors (Lipinski definition) is 5. The van der Waals surface area contributed by atoms with Gasteiger partial charge in [0.1, 0.15) is 5.82 Å². The van der Waals surface area contributed by atoms with Gasteiger partial charge in [0.15, 0.2) is 0 Å². The molecule has 3 rings (SSSR count). The molecule has 130 valence electrons.